The van der Waals surface area contributed by atoms with Gasteiger partial charge >= 0.3 is 0 Å². The number of hydrogen-bond acceptors (Lipinski definition) is 4. The first-order valence-electron chi connectivity index (χ1n) is 8.04. The molecule has 1 saturated heterocycles. The molecule has 0 bridgehead atoms. The van der Waals surface area contributed by atoms with E-state index in [2.05, 4.69) is 22.5 Å². The number of carbonyl (C=O) groups excluding carboxylic acids is 1. The van der Waals surface area contributed by atoms with Crippen molar-refractivity contribution in [2.75, 3.05) is 46.4 Å². The highest BCUT2D eigenvalue weighted by molar-refractivity contribution is 5.95. The maximum atomic E-state index is 12.5. The van der Waals surface area contributed by atoms with E-state index in [4.69, 9.17) is 4.74 Å². The van der Waals surface area contributed by atoms with Crippen molar-refractivity contribution in [3.63, 3.8) is 0 Å². The molecule has 5 nitrogen and oxygen atoms in total. The van der Waals surface area contributed by atoms with E-state index in [0.29, 0.717) is 0 Å². The number of morpholine rings is 1. The van der Waals surface area contributed by atoms with Crippen molar-refractivity contribution in [3.05, 3.63) is 35.4 Å². The minimum Gasteiger partial charge on any atom is -0.379 e. The molecule has 130 valence electrons. The van der Waals surface area contributed by atoms with Gasteiger partial charge in [0.15, 0.2) is 0 Å². The average molecular weight is 342 g/mol. The van der Waals surface area contributed by atoms with E-state index < -0.39 is 0 Å². The molecule has 1 aliphatic rings. The van der Waals surface area contributed by atoms with Gasteiger partial charge in [0.1, 0.15) is 0 Å². The highest BCUT2D eigenvalue weighted by Crippen LogP contribution is 2.10. The number of nitrogens with one attached hydrogen (secondary N) is 2. The number of halogens is 1. The summed E-state index contributed by atoms with van der Waals surface area (Å²) in [6, 6.07) is 7.97. The maximum absolute atomic E-state index is 12.5. The third-order valence-corrected chi connectivity index (χ3v) is 3.92. The van der Waals surface area contributed by atoms with Gasteiger partial charge in [-0.25, -0.2) is 0 Å². The second kappa shape index (κ2) is 10.6. The highest BCUT2D eigenvalue weighted by Gasteiger charge is 2.17. The lowest BCUT2D eigenvalue weighted by Gasteiger charge is -2.29. The van der Waals surface area contributed by atoms with Crippen LogP contribution in [0.2, 0.25) is 0 Å². The van der Waals surface area contributed by atoms with Gasteiger partial charge in [0, 0.05) is 31.2 Å². The fourth-order valence-corrected chi connectivity index (χ4v) is 2.74. The standard InChI is InChI=1S/C17H27N3O2.ClH/c1-14(13-20-9-11-22-12-10-20)19-17(21)16-6-4-3-5-15(16)7-8-18-2;/h3-6,14,18H,7-13H2,1-2H3,(H,19,21);1H. The van der Waals surface area contributed by atoms with Gasteiger partial charge in [-0.05, 0) is 38.6 Å². The molecule has 23 heavy (non-hydrogen) atoms. The van der Waals surface area contributed by atoms with Crippen molar-refractivity contribution in [2.45, 2.75) is 19.4 Å². The van der Waals surface area contributed by atoms with Crippen molar-refractivity contribution in [3.8, 4) is 0 Å². The van der Waals surface area contributed by atoms with E-state index in [-0.39, 0.29) is 24.4 Å². The summed E-state index contributed by atoms with van der Waals surface area (Å²) in [6.07, 6.45) is 0.859. The smallest absolute Gasteiger partial charge is 0.251 e. The van der Waals surface area contributed by atoms with Crippen LogP contribution >= 0.6 is 12.4 Å². The van der Waals surface area contributed by atoms with Crippen LogP contribution in [0.4, 0.5) is 0 Å². The molecule has 1 unspecified atom stereocenters. The predicted octanol–water partition coefficient (Wildman–Crippen LogP) is 1.32. The van der Waals surface area contributed by atoms with Crippen molar-refractivity contribution < 1.29 is 9.53 Å². The molecule has 0 aromatic heterocycles. The highest BCUT2D eigenvalue weighted by atomic mass is 35.5. The lowest BCUT2D eigenvalue weighted by atomic mass is 10.0. The van der Waals surface area contributed by atoms with Gasteiger partial charge in [-0.3, -0.25) is 9.69 Å². The van der Waals surface area contributed by atoms with Crippen molar-refractivity contribution >= 4 is 18.3 Å². The second-order valence-electron chi connectivity index (χ2n) is 5.80. The monoisotopic (exact) mass is 341 g/mol. The number of hydrogen-bond donors (Lipinski definition) is 2. The Morgan fingerprint density at radius 2 is 2.00 bits per heavy atom. The first-order chi connectivity index (χ1) is 10.7. The van der Waals surface area contributed by atoms with Crippen LogP contribution in [0.15, 0.2) is 24.3 Å². The Kier molecular flexibility index (Phi) is 9.17. The molecule has 1 aromatic rings. The van der Waals surface area contributed by atoms with Crippen LogP contribution in [0.25, 0.3) is 0 Å². The molecule has 1 aromatic carbocycles. The van der Waals surface area contributed by atoms with E-state index in [1.54, 1.807) is 0 Å². The molecule has 6 heteroatoms. The van der Waals surface area contributed by atoms with E-state index in [1.165, 1.54) is 0 Å². The van der Waals surface area contributed by atoms with E-state index in [1.807, 2.05) is 31.3 Å². The predicted molar refractivity (Wildman–Crippen MR) is 95.5 cm³/mol. The summed E-state index contributed by atoms with van der Waals surface area (Å²) >= 11 is 0. The van der Waals surface area contributed by atoms with Gasteiger partial charge in [0.2, 0.25) is 0 Å². The van der Waals surface area contributed by atoms with Gasteiger partial charge < -0.3 is 15.4 Å². The first kappa shape index (κ1) is 19.9. The number of nitrogens with zero attached hydrogens (tertiary/aromatic N) is 1. The summed E-state index contributed by atoms with van der Waals surface area (Å²) in [6.45, 7) is 7.25. The lowest BCUT2D eigenvalue weighted by molar-refractivity contribution is 0.0342. The molecule has 0 radical (unpaired) electrons. The zero-order valence-corrected chi connectivity index (χ0v) is 14.8. The second-order valence-corrected chi connectivity index (χ2v) is 5.80. The maximum Gasteiger partial charge on any atom is 0.251 e. The van der Waals surface area contributed by atoms with E-state index in [9.17, 15) is 4.79 Å². The molecule has 1 heterocycles. The minimum absolute atomic E-state index is 0. The fraction of sp³-hybridized carbons (Fsp3) is 0.588. The van der Waals surface area contributed by atoms with Gasteiger partial charge in [0.25, 0.3) is 5.91 Å². The SMILES string of the molecule is CNCCc1ccccc1C(=O)NC(C)CN1CCOCC1.Cl. The lowest BCUT2D eigenvalue weighted by Crippen LogP contribution is -2.46. The Morgan fingerprint density at radius 3 is 2.70 bits per heavy atom. The summed E-state index contributed by atoms with van der Waals surface area (Å²) in [5.41, 5.74) is 1.87. The number of carbonyl (C=O) groups is 1. The van der Waals surface area contributed by atoms with Crippen LogP contribution in [0.1, 0.15) is 22.8 Å². The molecule has 2 rings (SSSR count). The molecule has 1 aliphatic heterocycles. The Hall–Kier alpha value is -1.14. The van der Waals surface area contributed by atoms with Gasteiger partial charge in [-0.1, -0.05) is 18.2 Å². The van der Waals surface area contributed by atoms with E-state index in [0.717, 1.165) is 56.9 Å². The van der Waals surface area contributed by atoms with Gasteiger partial charge in [-0.15, -0.1) is 12.4 Å². The third kappa shape index (κ3) is 6.47. The molecule has 0 saturated carbocycles. The van der Waals surface area contributed by atoms with Crippen molar-refractivity contribution in [1.29, 1.82) is 0 Å². The zero-order valence-electron chi connectivity index (χ0n) is 14.0. The zero-order chi connectivity index (χ0) is 15.8. The molecular formula is C17H28ClN3O2. The van der Waals surface area contributed by atoms with Gasteiger partial charge in [-0.2, -0.15) is 0 Å². The molecule has 2 N–H and O–H groups in total. The molecular weight excluding hydrogens is 314 g/mol. The summed E-state index contributed by atoms with van der Waals surface area (Å²) < 4.78 is 5.35. The summed E-state index contributed by atoms with van der Waals surface area (Å²) in [5.74, 6) is 0.0208. The third-order valence-electron chi connectivity index (χ3n) is 3.92. The normalized spacial score (nSPS) is 16.4. The molecule has 1 fully saturated rings. The summed E-state index contributed by atoms with van der Waals surface area (Å²) in [5, 5.41) is 6.25. The number of likely N-dealkylation sites (N-methyl/N-ethyl adjacent to an activating group) is 1. The molecule has 0 aliphatic carbocycles. The number of rotatable bonds is 7. The Labute approximate surface area is 145 Å². The fourth-order valence-electron chi connectivity index (χ4n) is 2.74. The molecule has 1 atom stereocenters. The molecule has 0 spiro atoms. The first-order valence-corrected chi connectivity index (χ1v) is 8.04. The summed E-state index contributed by atoms with van der Waals surface area (Å²) in [4.78, 5) is 14.8. The minimum atomic E-state index is 0. The van der Waals surface area contributed by atoms with E-state index >= 15 is 0 Å². The largest absolute Gasteiger partial charge is 0.379 e. The van der Waals surface area contributed by atoms with Crippen LogP contribution in [0.3, 0.4) is 0 Å². The van der Waals surface area contributed by atoms with Crippen LogP contribution in [0, 0.1) is 0 Å². The number of amides is 1. The quantitative estimate of drug-likeness (QED) is 0.785. The van der Waals surface area contributed by atoms with Crippen LogP contribution in [-0.4, -0.2) is 63.3 Å². The van der Waals surface area contributed by atoms with Crippen molar-refractivity contribution in [1.82, 2.24) is 15.5 Å². The summed E-state index contributed by atoms with van der Waals surface area (Å²) in [7, 11) is 1.92. The topological polar surface area (TPSA) is 53.6 Å². The molecule has 1 amide bonds. The number of benzene rings is 1. The Balaban J connectivity index is 0.00000264. The van der Waals surface area contributed by atoms with Crippen LogP contribution < -0.4 is 10.6 Å². The Bertz CT molecular complexity index is 479. The van der Waals surface area contributed by atoms with Crippen LogP contribution in [0.5, 0.6) is 0 Å². The van der Waals surface area contributed by atoms with Crippen LogP contribution in [-0.2, 0) is 11.2 Å². The van der Waals surface area contributed by atoms with Gasteiger partial charge in [0.05, 0.1) is 13.2 Å². The van der Waals surface area contributed by atoms with Crippen molar-refractivity contribution in [2.24, 2.45) is 0 Å². The number of ether oxygens (including phenoxy) is 1. The average Bonchev–Trinajstić information content (AvgIpc) is 2.54. The Morgan fingerprint density at radius 1 is 1.30 bits per heavy atom.